The van der Waals surface area contributed by atoms with Gasteiger partial charge >= 0.3 is 6.18 Å². The highest BCUT2D eigenvalue weighted by Gasteiger charge is 2.40. The molecular formula is C21H20F3NO. The summed E-state index contributed by atoms with van der Waals surface area (Å²) in [5, 5.41) is 2.80. The van der Waals surface area contributed by atoms with Crippen LogP contribution in [0, 0.1) is 5.41 Å². The molecule has 0 aromatic heterocycles. The molecule has 0 fully saturated rings. The molecule has 0 heterocycles. The molecule has 0 aliphatic heterocycles. The van der Waals surface area contributed by atoms with E-state index in [4.69, 9.17) is 0 Å². The summed E-state index contributed by atoms with van der Waals surface area (Å²) in [5.41, 5.74) is 3.08. The largest absolute Gasteiger partial charge is 0.416 e. The minimum atomic E-state index is -4.38. The minimum absolute atomic E-state index is 0.183. The summed E-state index contributed by atoms with van der Waals surface area (Å²) in [6.07, 6.45) is -3.64. The first-order valence-electron chi connectivity index (χ1n) is 8.38. The lowest BCUT2D eigenvalue weighted by atomic mass is 9.62. The van der Waals surface area contributed by atoms with Gasteiger partial charge in [-0.05, 0) is 46.7 Å². The summed E-state index contributed by atoms with van der Waals surface area (Å²) in [6, 6.07) is 12.8. The number of alkyl halides is 3. The highest BCUT2D eigenvalue weighted by Crippen LogP contribution is 2.56. The number of halogens is 3. The van der Waals surface area contributed by atoms with Crippen LogP contribution in [-0.2, 0) is 11.0 Å². The predicted molar refractivity (Wildman–Crippen MR) is 97.4 cm³/mol. The maximum atomic E-state index is 13.1. The van der Waals surface area contributed by atoms with Gasteiger partial charge in [0.1, 0.15) is 0 Å². The van der Waals surface area contributed by atoms with Crippen molar-refractivity contribution in [2.75, 3.05) is 5.32 Å². The van der Waals surface area contributed by atoms with E-state index in [1.54, 1.807) is 12.1 Å². The van der Waals surface area contributed by atoms with E-state index in [1.165, 1.54) is 19.1 Å². The summed E-state index contributed by atoms with van der Waals surface area (Å²) in [7, 11) is 0. The molecule has 0 bridgehead atoms. The first kappa shape index (κ1) is 18.2. The van der Waals surface area contributed by atoms with E-state index in [9.17, 15) is 18.0 Å². The molecule has 1 aliphatic carbocycles. The molecular weight excluding hydrogens is 339 g/mol. The Morgan fingerprint density at radius 1 is 1.08 bits per heavy atom. The Hall–Kier alpha value is -2.56. The van der Waals surface area contributed by atoms with Gasteiger partial charge in [-0.25, -0.2) is 0 Å². The predicted octanol–water partition coefficient (Wildman–Crippen LogP) is 6.00. The lowest BCUT2D eigenvalue weighted by Gasteiger charge is -2.42. The van der Waals surface area contributed by atoms with Gasteiger partial charge in [0.15, 0.2) is 0 Å². The summed E-state index contributed by atoms with van der Waals surface area (Å²) in [6.45, 7) is 5.48. The minimum Gasteiger partial charge on any atom is -0.326 e. The van der Waals surface area contributed by atoms with Gasteiger partial charge in [0.05, 0.1) is 5.56 Å². The fourth-order valence-electron chi connectivity index (χ4n) is 3.61. The van der Waals surface area contributed by atoms with Gasteiger partial charge in [0.2, 0.25) is 5.91 Å². The van der Waals surface area contributed by atoms with Gasteiger partial charge in [-0.2, -0.15) is 13.2 Å². The van der Waals surface area contributed by atoms with Gasteiger partial charge in [-0.15, -0.1) is 0 Å². The van der Waals surface area contributed by atoms with Crippen molar-refractivity contribution in [1.29, 1.82) is 0 Å². The lowest BCUT2D eigenvalue weighted by molar-refractivity contribution is -0.137. The maximum absolute atomic E-state index is 13.1. The van der Waals surface area contributed by atoms with Crippen LogP contribution >= 0.6 is 0 Å². The molecule has 0 atom stereocenters. The van der Waals surface area contributed by atoms with E-state index in [0.29, 0.717) is 11.3 Å². The smallest absolute Gasteiger partial charge is 0.326 e. The highest BCUT2D eigenvalue weighted by atomic mass is 19.4. The number of amides is 1. The number of rotatable bonds is 3. The second-order valence-electron chi connectivity index (χ2n) is 7.22. The zero-order valence-electron chi connectivity index (χ0n) is 14.9. The topological polar surface area (TPSA) is 29.1 Å². The van der Waals surface area contributed by atoms with E-state index in [1.807, 2.05) is 32.0 Å². The van der Waals surface area contributed by atoms with Gasteiger partial charge < -0.3 is 5.32 Å². The Balaban J connectivity index is 2.15. The maximum Gasteiger partial charge on any atom is 0.416 e. The third-order valence-corrected chi connectivity index (χ3v) is 4.64. The molecule has 0 spiro atoms. The molecule has 3 rings (SSSR count). The van der Waals surface area contributed by atoms with Crippen LogP contribution in [0.15, 0.2) is 48.5 Å². The van der Waals surface area contributed by atoms with Crippen molar-refractivity contribution in [3.8, 4) is 0 Å². The molecule has 2 aromatic rings. The molecule has 1 N–H and O–H groups in total. The average molecular weight is 359 g/mol. The summed E-state index contributed by atoms with van der Waals surface area (Å²) < 4.78 is 39.3. The SMILES string of the molecule is CC(=O)Nc1ccccc1C1=C(c2cccc(C(F)(F)F)c2)C(C)(C)C1. The quantitative estimate of drug-likeness (QED) is 0.715. The molecule has 2 aromatic carbocycles. The van der Waals surface area contributed by atoms with Crippen LogP contribution in [0.2, 0.25) is 0 Å². The number of hydrogen-bond donors (Lipinski definition) is 1. The number of carbonyl (C=O) groups is 1. The summed E-state index contributed by atoms with van der Waals surface area (Å²) in [5.74, 6) is -0.183. The molecule has 1 aliphatic rings. The van der Waals surface area contributed by atoms with E-state index >= 15 is 0 Å². The van der Waals surface area contributed by atoms with Crippen LogP contribution in [0.1, 0.15) is 43.9 Å². The number of carbonyl (C=O) groups excluding carboxylic acids is 1. The standard InChI is InChI=1S/C21H20F3NO/c1-13(26)25-18-10-5-4-9-16(18)17-12-20(2,3)19(17)14-7-6-8-15(11-14)21(22,23)24/h4-11H,12H2,1-3H3,(H,25,26). The third kappa shape index (κ3) is 3.39. The van der Waals surface area contributed by atoms with Crippen LogP contribution in [0.25, 0.3) is 11.1 Å². The van der Waals surface area contributed by atoms with E-state index < -0.39 is 11.7 Å². The first-order valence-corrected chi connectivity index (χ1v) is 8.38. The van der Waals surface area contributed by atoms with Crippen molar-refractivity contribution < 1.29 is 18.0 Å². The summed E-state index contributed by atoms with van der Waals surface area (Å²) >= 11 is 0. The van der Waals surface area contributed by atoms with Gasteiger partial charge in [-0.3, -0.25) is 4.79 Å². The van der Waals surface area contributed by atoms with Gasteiger partial charge in [0, 0.05) is 18.2 Å². The van der Waals surface area contributed by atoms with Crippen molar-refractivity contribution in [3.63, 3.8) is 0 Å². The van der Waals surface area contributed by atoms with E-state index in [0.717, 1.165) is 29.2 Å². The third-order valence-electron chi connectivity index (χ3n) is 4.64. The average Bonchev–Trinajstić information content (AvgIpc) is 2.52. The van der Waals surface area contributed by atoms with Crippen LogP contribution in [0.3, 0.4) is 0 Å². The number of allylic oxidation sites excluding steroid dienone is 2. The van der Waals surface area contributed by atoms with Crippen molar-refractivity contribution in [2.24, 2.45) is 5.41 Å². The number of benzene rings is 2. The van der Waals surface area contributed by atoms with E-state index in [2.05, 4.69) is 5.32 Å². The number of nitrogens with one attached hydrogen (secondary N) is 1. The van der Waals surface area contributed by atoms with Crippen molar-refractivity contribution in [1.82, 2.24) is 0 Å². The Morgan fingerprint density at radius 2 is 1.77 bits per heavy atom. The van der Waals surface area contributed by atoms with Gasteiger partial charge in [-0.1, -0.05) is 44.2 Å². The van der Waals surface area contributed by atoms with Crippen LogP contribution in [0.5, 0.6) is 0 Å². The zero-order chi connectivity index (χ0) is 19.1. The molecule has 26 heavy (non-hydrogen) atoms. The van der Waals surface area contributed by atoms with E-state index in [-0.39, 0.29) is 11.3 Å². The van der Waals surface area contributed by atoms with Crippen LogP contribution in [0.4, 0.5) is 18.9 Å². The number of anilines is 1. The molecule has 0 radical (unpaired) electrons. The van der Waals surface area contributed by atoms with Crippen molar-refractivity contribution in [2.45, 2.75) is 33.4 Å². The molecule has 0 unspecified atom stereocenters. The molecule has 136 valence electrons. The zero-order valence-corrected chi connectivity index (χ0v) is 14.9. The molecule has 2 nitrogen and oxygen atoms in total. The molecule has 1 amide bonds. The highest BCUT2D eigenvalue weighted by molar-refractivity contribution is 6.04. The normalized spacial score (nSPS) is 16.2. The fourth-order valence-corrected chi connectivity index (χ4v) is 3.61. The van der Waals surface area contributed by atoms with Crippen LogP contribution < -0.4 is 5.32 Å². The lowest BCUT2D eigenvalue weighted by Crippen LogP contribution is -2.26. The Bertz CT molecular complexity index is 894. The number of para-hydroxylation sites is 1. The molecule has 0 saturated carbocycles. The fraction of sp³-hybridized carbons (Fsp3) is 0.286. The number of hydrogen-bond acceptors (Lipinski definition) is 1. The second-order valence-corrected chi connectivity index (χ2v) is 7.22. The molecule has 0 saturated heterocycles. The monoisotopic (exact) mass is 359 g/mol. The Kier molecular flexibility index (Phi) is 4.42. The molecule has 5 heteroatoms. The van der Waals surface area contributed by atoms with Gasteiger partial charge in [0.25, 0.3) is 0 Å². The Labute approximate surface area is 150 Å². The second kappa shape index (κ2) is 6.31. The van der Waals surface area contributed by atoms with Crippen molar-refractivity contribution >= 4 is 22.7 Å². The van der Waals surface area contributed by atoms with Crippen LogP contribution in [-0.4, -0.2) is 5.91 Å². The summed E-state index contributed by atoms with van der Waals surface area (Å²) in [4.78, 5) is 11.5. The Morgan fingerprint density at radius 3 is 2.38 bits per heavy atom. The van der Waals surface area contributed by atoms with Crippen molar-refractivity contribution in [3.05, 3.63) is 65.2 Å². The first-order chi connectivity index (χ1) is 12.1.